The smallest absolute Gasteiger partial charge is 0.289 e. The van der Waals surface area contributed by atoms with Crippen LogP contribution in [0, 0.1) is 24.0 Å². The molecule has 0 aliphatic carbocycles. The Labute approximate surface area is 124 Å². The van der Waals surface area contributed by atoms with Gasteiger partial charge in [-0.25, -0.2) is 8.42 Å². The van der Waals surface area contributed by atoms with E-state index in [-0.39, 0.29) is 16.6 Å². The molecule has 1 fully saturated rings. The van der Waals surface area contributed by atoms with Crippen LogP contribution in [0.4, 0.5) is 5.69 Å². The van der Waals surface area contributed by atoms with E-state index in [9.17, 15) is 18.5 Å². The number of piperazine rings is 1. The molecule has 21 heavy (non-hydrogen) atoms. The summed E-state index contributed by atoms with van der Waals surface area (Å²) >= 11 is 0. The van der Waals surface area contributed by atoms with E-state index < -0.39 is 14.9 Å². The Morgan fingerprint density at radius 2 is 1.95 bits per heavy atom. The fourth-order valence-corrected chi connectivity index (χ4v) is 4.29. The topological polar surface area (TPSA) is 92.5 Å². The molecular weight excluding hydrogens is 294 g/mol. The van der Waals surface area contributed by atoms with Gasteiger partial charge in [0.15, 0.2) is 4.90 Å². The molecule has 116 valence electrons. The molecule has 1 saturated heterocycles. The third-order valence-electron chi connectivity index (χ3n) is 3.80. The monoisotopic (exact) mass is 313 g/mol. The second-order valence-corrected chi connectivity index (χ2v) is 7.19. The van der Waals surface area contributed by atoms with E-state index in [0.717, 1.165) is 5.56 Å². The lowest BCUT2D eigenvalue weighted by Crippen LogP contribution is -2.52. The first kappa shape index (κ1) is 15.9. The zero-order valence-corrected chi connectivity index (χ0v) is 13.1. The van der Waals surface area contributed by atoms with Crippen LogP contribution in [0.15, 0.2) is 17.0 Å². The van der Waals surface area contributed by atoms with Crippen LogP contribution in [-0.2, 0) is 10.0 Å². The molecule has 1 N–H and O–H groups in total. The Bertz CT molecular complexity index is 672. The van der Waals surface area contributed by atoms with E-state index in [1.165, 1.54) is 16.4 Å². The summed E-state index contributed by atoms with van der Waals surface area (Å²) in [7, 11) is -3.87. The zero-order chi connectivity index (χ0) is 15.8. The number of hydrogen-bond donors (Lipinski definition) is 1. The Kier molecular flexibility index (Phi) is 4.31. The number of nitrogens with zero attached hydrogens (tertiary/aromatic N) is 2. The highest BCUT2D eigenvalue weighted by Crippen LogP contribution is 2.30. The summed E-state index contributed by atoms with van der Waals surface area (Å²) in [6, 6.07) is 2.50. The summed E-state index contributed by atoms with van der Waals surface area (Å²) in [6.45, 7) is 6.66. The molecule has 1 heterocycles. The molecule has 2 rings (SSSR count). The van der Waals surface area contributed by atoms with Crippen molar-refractivity contribution in [2.45, 2.75) is 31.7 Å². The number of nitro benzene ring substituents is 1. The van der Waals surface area contributed by atoms with Gasteiger partial charge < -0.3 is 5.32 Å². The highest BCUT2D eigenvalue weighted by atomic mass is 32.2. The number of nitrogens with one attached hydrogen (secondary N) is 1. The second-order valence-electron chi connectivity index (χ2n) is 5.33. The molecule has 0 unspecified atom stereocenters. The van der Waals surface area contributed by atoms with E-state index >= 15 is 0 Å². The lowest BCUT2D eigenvalue weighted by atomic mass is 10.1. The van der Waals surface area contributed by atoms with Crippen LogP contribution < -0.4 is 5.32 Å². The molecule has 8 heteroatoms. The Morgan fingerprint density at radius 1 is 1.33 bits per heavy atom. The van der Waals surface area contributed by atoms with Crippen molar-refractivity contribution in [1.82, 2.24) is 9.62 Å². The number of nitro groups is 1. The van der Waals surface area contributed by atoms with E-state index in [0.29, 0.717) is 25.2 Å². The van der Waals surface area contributed by atoms with Crippen molar-refractivity contribution in [3.8, 4) is 0 Å². The quantitative estimate of drug-likeness (QED) is 0.668. The normalized spacial score (nSPS) is 20.4. The van der Waals surface area contributed by atoms with Gasteiger partial charge in [-0.15, -0.1) is 0 Å². The standard InChI is InChI=1S/C13H19N3O4S/c1-9-6-12(16(17)18)13(7-10(9)2)21(19,20)15-5-4-14-8-11(15)3/h6-7,11,14H,4-5,8H2,1-3H3/t11-/m0/s1. The van der Waals surface area contributed by atoms with Crippen LogP contribution in [0.3, 0.4) is 0 Å². The Morgan fingerprint density at radius 3 is 2.52 bits per heavy atom. The van der Waals surface area contributed by atoms with Gasteiger partial charge in [-0.3, -0.25) is 10.1 Å². The van der Waals surface area contributed by atoms with Gasteiger partial charge in [-0.1, -0.05) is 0 Å². The maximum absolute atomic E-state index is 12.8. The highest BCUT2D eigenvalue weighted by molar-refractivity contribution is 7.89. The van der Waals surface area contributed by atoms with Crippen molar-refractivity contribution in [2.24, 2.45) is 0 Å². The van der Waals surface area contributed by atoms with Crippen molar-refractivity contribution < 1.29 is 13.3 Å². The van der Waals surface area contributed by atoms with Crippen molar-refractivity contribution in [3.05, 3.63) is 33.4 Å². The first-order valence-corrected chi connectivity index (χ1v) is 8.17. The average molecular weight is 313 g/mol. The lowest BCUT2D eigenvalue weighted by Gasteiger charge is -2.32. The van der Waals surface area contributed by atoms with Crippen LogP contribution in [0.1, 0.15) is 18.1 Å². The van der Waals surface area contributed by atoms with Crippen LogP contribution >= 0.6 is 0 Å². The molecule has 7 nitrogen and oxygen atoms in total. The van der Waals surface area contributed by atoms with Crippen LogP contribution in [0.25, 0.3) is 0 Å². The zero-order valence-electron chi connectivity index (χ0n) is 12.3. The number of hydrogen-bond acceptors (Lipinski definition) is 5. The molecule has 1 aromatic carbocycles. The van der Waals surface area contributed by atoms with E-state index in [1.54, 1.807) is 20.8 Å². The first-order valence-electron chi connectivity index (χ1n) is 6.73. The van der Waals surface area contributed by atoms with E-state index in [2.05, 4.69) is 5.32 Å². The lowest BCUT2D eigenvalue weighted by molar-refractivity contribution is -0.387. The molecule has 0 radical (unpaired) electrons. The van der Waals surface area contributed by atoms with Gasteiger partial charge in [0.2, 0.25) is 10.0 Å². The minimum Gasteiger partial charge on any atom is -0.314 e. The summed E-state index contributed by atoms with van der Waals surface area (Å²) in [5.74, 6) is 0. The molecule has 0 aromatic heterocycles. The van der Waals surface area contributed by atoms with E-state index in [4.69, 9.17) is 0 Å². The summed E-state index contributed by atoms with van der Waals surface area (Å²) < 4.78 is 26.9. The van der Waals surface area contributed by atoms with Crippen LogP contribution in [-0.4, -0.2) is 43.3 Å². The largest absolute Gasteiger partial charge is 0.314 e. The van der Waals surface area contributed by atoms with Crippen molar-refractivity contribution in [3.63, 3.8) is 0 Å². The van der Waals surface area contributed by atoms with E-state index in [1.807, 2.05) is 0 Å². The molecule has 0 saturated carbocycles. The summed E-state index contributed by atoms with van der Waals surface area (Å²) in [5, 5.41) is 14.3. The first-order chi connectivity index (χ1) is 9.75. The van der Waals surface area contributed by atoms with Gasteiger partial charge in [0, 0.05) is 31.7 Å². The molecule has 1 aliphatic rings. The second kappa shape index (κ2) is 5.70. The number of benzene rings is 1. The fraction of sp³-hybridized carbons (Fsp3) is 0.538. The van der Waals surface area contributed by atoms with Gasteiger partial charge in [0.1, 0.15) is 0 Å². The predicted molar refractivity (Wildman–Crippen MR) is 78.8 cm³/mol. The molecule has 0 bridgehead atoms. The van der Waals surface area contributed by atoms with Gasteiger partial charge in [0.25, 0.3) is 5.69 Å². The predicted octanol–water partition coefficient (Wildman–Crippen LogP) is 1.19. The Balaban J connectivity index is 2.58. The number of aryl methyl sites for hydroxylation is 2. The SMILES string of the molecule is Cc1cc([N+](=O)[O-])c(S(=O)(=O)N2CCNC[C@@H]2C)cc1C. The average Bonchev–Trinajstić information content (AvgIpc) is 2.41. The molecule has 0 spiro atoms. The molecule has 1 aliphatic heterocycles. The van der Waals surface area contributed by atoms with Crippen LogP contribution in [0.5, 0.6) is 0 Å². The van der Waals surface area contributed by atoms with Crippen molar-refractivity contribution >= 4 is 15.7 Å². The summed E-state index contributed by atoms with van der Waals surface area (Å²) in [6.07, 6.45) is 0. The summed E-state index contributed by atoms with van der Waals surface area (Å²) in [5.41, 5.74) is 1.07. The number of sulfonamides is 1. The highest BCUT2D eigenvalue weighted by Gasteiger charge is 2.36. The van der Waals surface area contributed by atoms with Gasteiger partial charge >= 0.3 is 0 Å². The summed E-state index contributed by atoms with van der Waals surface area (Å²) in [4.78, 5) is 10.4. The maximum Gasteiger partial charge on any atom is 0.289 e. The van der Waals surface area contributed by atoms with Gasteiger partial charge in [-0.2, -0.15) is 4.31 Å². The van der Waals surface area contributed by atoms with Crippen molar-refractivity contribution in [1.29, 1.82) is 0 Å². The Hall–Kier alpha value is -1.51. The maximum atomic E-state index is 12.8. The number of rotatable bonds is 3. The molecule has 1 atom stereocenters. The minimum absolute atomic E-state index is 0.218. The third kappa shape index (κ3) is 2.92. The molecule has 1 aromatic rings. The van der Waals surface area contributed by atoms with Gasteiger partial charge in [0.05, 0.1) is 4.92 Å². The van der Waals surface area contributed by atoms with Crippen LogP contribution in [0.2, 0.25) is 0 Å². The van der Waals surface area contributed by atoms with Crippen molar-refractivity contribution in [2.75, 3.05) is 19.6 Å². The third-order valence-corrected chi connectivity index (χ3v) is 5.84. The van der Waals surface area contributed by atoms with Gasteiger partial charge in [-0.05, 0) is 38.0 Å². The molecule has 0 amide bonds. The molecular formula is C13H19N3O4S. The minimum atomic E-state index is -3.87. The fourth-order valence-electron chi connectivity index (χ4n) is 2.43.